The van der Waals surface area contributed by atoms with Crippen LogP contribution in [0.15, 0.2) is 12.1 Å². The minimum Gasteiger partial charge on any atom is -0.317 e. The molecule has 0 aliphatic rings. The summed E-state index contributed by atoms with van der Waals surface area (Å²) in [6, 6.07) is 4.14. The number of hydrogen-bond acceptors (Lipinski definition) is 2. The molecule has 0 bridgehead atoms. The van der Waals surface area contributed by atoms with Gasteiger partial charge in [0.2, 0.25) is 0 Å². The van der Waals surface area contributed by atoms with Crippen molar-refractivity contribution in [2.24, 2.45) is 5.92 Å². The van der Waals surface area contributed by atoms with Crippen molar-refractivity contribution in [3.63, 3.8) is 0 Å². The zero-order valence-corrected chi connectivity index (χ0v) is 11.8. The summed E-state index contributed by atoms with van der Waals surface area (Å²) in [5.41, 5.74) is 0. The van der Waals surface area contributed by atoms with Crippen LogP contribution in [-0.4, -0.2) is 13.1 Å². The summed E-state index contributed by atoms with van der Waals surface area (Å²) in [6.07, 6.45) is 4.94. The van der Waals surface area contributed by atoms with Gasteiger partial charge >= 0.3 is 0 Å². The van der Waals surface area contributed by atoms with E-state index in [0.29, 0.717) is 0 Å². The van der Waals surface area contributed by atoms with Gasteiger partial charge in [-0.2, -0.15) is 0 Å². The third kappa shape index (κ3) is 5.88. The molecule has 1 heterocycles. The Morgan fingerprint density at radius 2 is 2.12 bits per heavy atom. The molecule has 1 atom stereocenters. The van der Waals surface area contributed by atoms with E-state index in [0.717, 1.165) is 23.3 Å². The average molecular weight is 260 g/mol. The third-order valence-electron chi connectivity index (χ3n) is 2.75. The first-order valence-corrected chi connectivity index (χ1v) is 7.36. The summed E-state index contributed by atoms with van der Waals surface area (Å²) in [7, 11) is 0. The van der Waals surface area contributed by atoms with Crippen LogP contribution in [-0.2, 0) is 6.42 Å². The van der Waals surface area contributed by atoms with E-state index in [4.69, 9.17) is 11.6 Å². The molecule has 0 aliphatic heterocycles. The molecule has 16 heavy (non-hydrogen) atoms. The Morgan fingerprint density at radius 1 is 1.31 bits per heavy atom. The number of hydrogen-bond donors (Lipinski definition) is 1. The Labute approximate surface area is 108 Å². The van der Waals surface area contributed by atoms with E-state index >= 15 is 0 Å². The number of rotatable bonds is 8. The van der Waals surface area contributed by atoms with Crippen molar-refractivity contribution in [3.8, 4) is 0 Å². The van der Waals surface area contributed by atoms with E-state index in [1.54, 1.807) is 11.3 Å². The Hall–Kier alpha value is -0.0500. The number of halogens is 1. The SMILES string of the molecule is CCCNCCC(C)CCc1ccc(Cl)s1. The van der Waals surface area contributed by atoms with Crippen LogP contribution in [0.2, 0.25) is 4.34 Å². The van der Waals surface area contributed by atoms with Crippen molar-refractivity contribution >= 4 is 22.9 Å². The highest BCUT2D eigenvalue weighted by atomic mass is 35.5. The molecule has 0 aromatic carbocycles. The Bertz CT molecular complexity index is 285. The lowest BCUT2D eigenvalue weighted by Crippen LogP contribution is -2.18. The quantitative estimate of drug-likeness (QED) is 0.684. The van der Waals surface area contributed by atoms with Crippen molar-refractivity contribution < 1.29 is 0 Å². The zero-order chi connectivity index (χ0) is 11.8. The molecule has 0 spiro atoms. The Morgan fingerprint density at radius 3 is 2.75 bits per heavy atom. The van der Waals surface area contributed by atoms with E-state index in [2.05, 4.69) is 25.2 Å². The van der Waals surface area contributed by atoms with E-state index in [-0.39, 0.29) is 0 Å². The summed E-state index contributed by atoms with van der Waals surface area (Å²) in [6.45, 7) is 6.84. The van der Waals surface area contributed by atoms with Crippen LogP contribution in [0.4, 0.5) is 0 Å². The maximum Gasteiger partial charge on any atom is 0.0931 e. The van der Waals surface area contributed by atoms with Crippen molar-refractivity contribution in [2.45, 2.75) is 39.5 Å². The van der Waals surface area contributed by atoms with Crippen LogP contribution in [0.25, 0.3) is 0 Å². The predicted octanol–water partition coefficient (Wildman–Crippen LogP) is 4.36. The van der Waals surface area contributed by atoms with Gasteiger partial charge < -0.3 is 5.32 Å². The first-order chi connectivity index (χ1) is 7.72. The number of nitrogens with one attached hydrogen (secondary N) is 1. The van der Waals surface area contributed by atoms with Gasteiger partial charge in [0, 0.05) is 4.88 Å². The minimum atomic E-state index is 0.797. The fourth-order valence-corrected chi connectivity index (χ4v) is 2.77. The number of thiophene rings is 1. The van der Waals surface area contributed by atoms with Crippen LogP contribution >= 0.6 is 22.9 Å². The van der Waals surface area contributed by atoms with E-state index in [1.165, 1.54) is 30.6 Å². The van der Waals surface area contributed by atoms with Crippen molar-refractivity contribution in [2.75, 3.05) is 13.1 Å². The maximum atomic E-state index is 5.90. The summed E-state index contributed by atoms with van der Waals surface area (Å²) >= 11 is 7.61. The smallest absolute Gasteiger partial charge is 0.0931 e. The van der Waals surface area contributed by atoms with Crippen molar-refractivity contribution in [1.29, 1.82) is 0 Å². The second-order valence-corrected chi connectivity index (χ2v) is 6.19. The van der Waals surface area contributed by atoms with Crippen molar-refractivity contribution in [3.05, 3.63) is 21.3 Å². The van der Waals surface area contributed by atoms with E-state index in [9.17, 15) is 0 Å². The summed E-state index contributed by atoms with van der Waals surface area (Å²) in [5, 5.41) is 3.45. The normalized spacial score (nSPS) is 12.9. The first kappa shape index (κ1) is 14.0. The lowest BCUT2D eigenvalue weighted by molar-refractivity contribution is 0.471. The van der Waals surface area contributed by atoms with Gasteiger partial charge in [-0.15, -0.1) is 11.3 Å². The van der Waals surface area contributed by atoms with Crippen LogP contribution in [0.1, 0.15) is 38.0 Å². The third-order valence-corrected chi connectivity index (χ3v) is 4.04. The second kappa shape index (κ2) is 8.10. The molecule has 1 unspecified atom stereocenters. The molecule has 1 N–H and O–H groups in total. The topological polar surface area (TPSA) is 12.0 Å². The number of aryl methyl sites for hydroxylation is 1. The van der Waals surface area contributed by atoms with Gasteiger partial charge in [-0.05, 0) is 56.8 Å². The molecule has 0 radical (unpaired) electrons. The zero-order valence-electron chi connectivity index (χ0n) is 10.3. The van der Waals surface area contributed by atoms with E-state index < -0.39 is 0 Å². The van der Waals surface area contributed by atoms with Gasteiger partial charge in [0.1, 0.15) is 0 Å². The molecule has 1 aromatic heterocycles. The fraction of sp³-hybridized carbons (Fsp3) is 0.692. The van der Waals surface area contributed by atoms with Gasteiger partial charge in [0.25, 0.3) is 0 Å². The highest BCUT2D eigenvalue weighted by Crippen LogP contribution is 2.23. The lowest BCUT2D eigenvalue weighted by Gasteiger charge is -2.10. The lowest BCUT2D eigenvalue weighted by atomic mass is 10.0. The molecule has 1 aromatic rings. The molecule has 0 aliphatic carbocycles. The molecule has 0 fully saturated rings. The molecule has 0 saturated carbocycles. The monoisotopic (exact) mass is 259 g/mol. The van der Waals surface area contributed by atoms with Crippen LogP contribution in [0, 0.1) is 5.92 Å². The van der Waals surface area contributed by atoms with Gasteiger partial charge in [-0.3, -0.25) is 0 Å². The Kier molecular flexibility index (Phi) is 7.10. The maximum absolute atomic E-state index is 5.90. The standard InChI is InChI=1S/C13H22ClNS/c1-3-9-15-10-8-11(2)4-5-12-6-7-13(14)16-12/h6-7,11,15H,3-5,8-10H2,1-2H3. The predicted molar refractivity (Wildman–Crippen MR) is 74.6 cm³/mol. The van der Waals surface area contributed by atoms with Gasteiger partial charge in [0.15, 0.2) is 0 Å². The minimum absolute atomic E-state index is 0.797. The molecule has 92 valence electrons. The Balaban J connectivity index is 2.08. The van der Waals surface area contributed by atoms with Crippen LogP contribution in [0.5, 0.6) is 0 Å². The highest BCUT2D eigenvalue weighted by molar-refractivity contribution is 7.16. The summed E-state index contributed by atoms with van der Waals surface area (Å²) in [4.78, 5) is 1.42. The largest absolute Gasteiger partial charge is 0.317 e. The second-order valence-electron chi connectivity index (χ2n) is 4.39. The fourth-order valence-electron chi connectivity index (χ4n) is 1.67. The molecular formula is C13H22ClNS. The van der Waals surface area contributed by atoms with Crippen LogP contribution < -0.4 is 5.32 Å². The van der Waals surface area contributed by atoms with Gasteiger partial charge in [-0.25, -0.2) is 0 Å². The van der Waals surface area contributed by atoms with Crippen LogP contribution in [0.3, 0.4) is 0 Å². The van der Waals surface area contributed by atoms with Gasteiger partial charge in [-0.1, -0.05) is 25.4 Å². The molecule has 0 saturated heterocycles. The molecule has 3 heteroatoms. The highest BCUT2D eigenvalue weighted by Gasteiger charge is 2.04. The molecule has 1 nitrogen and oxygen atoms in total. The summed E-state index contributed by atoms with van der Waals surface area (Å²) < 4.78 is 0.910. The molecule has 0 amide bonds. The molecule has 1 rings (SSSR count). The van der Waals surface area contributed by atoms with Crippen molar-refractivity contribution in [1.82, 2.24) is 5.32 Å². The van der Waals surface area contributed by atoms with E-state index in [1.807, 2.05) is 6.07 Å². The molecular weight excluding hydrogens is 238 g/mol. The first-order valence-electron chi connectivity index (χ1n) is 6.17. The van der Waals surface area contributed by atoms with Gasteiger partial charge in [0.05, 0.1) is 4.34 Å². The average Bonchev–Trinajstić information content (AvgIpc) is 2.68. The summed E-state index contributed by atoms with van der Waals surface area (Å²) in [5.74, 6) is 0.797.